The van der Waals surface area contributed by atoms with E-state index in [4.69, 9.17) is 38.4 Å². The first kappa shape index (κ1) is 49.9. The molecule has 0 saturated carbocycles. The number of benzene rings is 4. The predicted molar refractivity (Wildman–Crippen MR) is 252 cm³/mol. The van der Waals surface area contributed by atoms with Gasteiger partial charge in [-0.1, -0.05) is 35.3 Å². The van der Waals surface area contributed by atoms with E-state index in [0.29, 0.717) is 55.2 Å². The SMILES string of the molecule is NC1CSc2c(C(=O)Nc3ccc(F)c(Cl)c3)ccc(F)c21.O=C(NC1CSc2c(C(=O)Nc3ccc(F)c(Cl)c3)ccc(F)c21)OCc1ccccn1.O=C(OCc1ccccn1)n1ccnc1. The van der Waals surface area contributed by atoms with Gasteiger partial charge in [-0.2, -0.15) is 0 Å². The number of imidazole rings is 1. The number of hydrogen-bond donors (Lipinski definition) is 4. The summed E-state index contributed by atoms with van der Waals surface area (Å²) in [5.41, 5.74) is 8.97. The molecule has 69 heavy (non-hydrogen) atoms. The lowest BCUT2D eigenvalue weighted by molar-refractivity contribution is 0.101. The number of hydrogen-bond acceptors (Lipinski definition) is 12. The van der Waals surface area contributed by atoms with Crippen LogP contribution in [0.2, 0.25) is 10.0 Å². The van der Waals surface area contributed by atoms with Crippen molar-refractivity contribution in [2.45, 2.75) is 35.1 Å². The third kappa shape index (κ3) is 13.0. The molecule has 3 aromatic heterocycles. The minimum atomic E-state index is -0.718. The van der Waals surface area contributed by atoms with Gasteiger partial charge in [0.1, 0.15) is 42.8 Å². The molecule has 2 unspecified atom stereocenters. The molecule has 0 spiro atoms. The van der Waals surface area contributed by atoms with Crippen molar-refractivity contribution < 1.29 is 46.2 Å². The van der Waals surface area contributed by atoms with Gasteiger partial charge in [0.2, 0.25) is 0 Å². The van der Waals surface area contributed by atoms with Crippen molar-refractivity contribution in [3.8, 4) is 0 Å². The van der Waals surface area contributed by atoms with Gasteiger partial charge < -0.3 is 31.2 Å². The first-order valence-corrected chi connectivity index (χ1v) is 23.0. The number of halogens is 6. The van der Waals surface area contributed by atoms with Crippen molar-refractivity contribution in [2.75, 3.05) is 22.1 Å². The number of rotatable bonds is 9. The zero-order valence-electron chi connectivity index (χ0n) is 35.5. The number of ether oxygens (including phenoxy) is 2. The first-order chi connectivity index (χ1) is 33.2. The van der Waals surface area contributed by atoms with E-state index in [9.17, 15) is 36.7 Å². The Bertz CT molecular complexity index is 2990. The molecule has 3 amide bonds. The topological polar surface area (TPSA) is 192 Å². The second-order valence-corrected chi connectivity index (χ2v) is 17.4. The molecule has 5 N–H and O–H groups in total. The summed E-state index contributed by atoms with van der Waals surface area (Å²) in [5.74, 6) is -2.18. The van der Waals surface area contributed by atoms with Crippen LogP contribution in [0.15, 0.2) is 138 Å². The predicted octanol–water partition coefficient (Wildman–Crippen LogP) is 10.8. The van der Waals surface area contributed by atoms with Crippen molar-refractivity contribution in [2.24, 2.45) is 5.73 Å². The zero-order valence-corrected chi connectivity index (χ0v) is 38.7. The van der Waals surface area contributed by atoms with Gasteiger partial charge in [0.15, 0.2) is 0 Å². The monoisotopic (exact) mass is 1020 g/mol. The van der Waals surface area contributed by atoms with Gasteiger partial charge in [-0.3, -0.25) is 19.6 Å². The van der Waals surface area contributed by atoms with E-state index in [1.807, 2.05) is 6.07 Å². The Morgan fingerprint density at radius 2 is 1.19 bits per heavy atom. The van der Waals surface area contributed by atoms with Crippen LogP contribution in [-0.2, 0) is 22.7 Å². The summed E-state index contributed by atoms with van der Waals surface area (Å²) in [4.78, 5) is 61.5. The Balaban J connectivity index is 0.000000164. The average molecular weight is 1020 g/mol. The number of carbonyl (C=O) groups excluding carboxylic acids is 4. The Kier molecular flexibility index (Phi) is 16.9. The second-order valence-electron chi connectivity index (χ2n) is 14.5. The van der Waals surface area contributed by atoms with Crippen LogP contribution in [0.5, 0.6) is 0 Å². The van der Waals surface area contributed by atoms with E-state index in [1.165, 1.54) is 95.3 Å². The van der Waals surface area contributed by atoms with E-state index in [-0.39, 0.29) is 34.4 Å². The molecule has 0 bridgehead atoms. The normalized spacial score (nSPS) is 14.1. The smallest absolute Gasteiger partial charge is 0.419 e. The van der Waals surface area contributed by atoms with Gasteiger partial charge in [0, 0.05) is 74.6 Å². The lowest BCUT2D eigenvalue weighted by Gasteiger charge is -2.15. The van der Waals surface area contributed by atoms with E-state index in [2.05, 4.69) is 30.9 Å². The number of thioether (sulfide) groups is 2. The van der Waals surface area contributed by atoms with E-state index in [1.54, 1.807) is 42.7 Å². The Morgan fingerprint density at radius 3 is 1.71 bits per heavy atom. The van der Waals surface area contributed by atoms with Crippen LogP contribution in [0.1, 0.15) is 55.3 Å². The molecule has 354 valence electrons. The van der Waals surface area contributed by atoms with Crippen molar-refractivity contribution in [1.82, 2.24) is 24.8 Å². The van der Waals surface area contributed by atoms with Crippen LogP contribution in [0, 0.1) is 23.3 Å². The Morgan fingerprint density at radius 1 is 0.667 bits per heavy atom. The van der Waals surface area contributed by atoms with Crippen molar-refractivity contribution in [1.29, 1.82) is 0 Å². The lowest BCUT2D eigenvalue weighted by Crippen LogP contribution is -2.29. The number of nitrogens with one attached hydrogen (secondary N) is 3. The molecule has 0 aliphatic carbocycles. The summed E-state index contributed by atoms with van der Waals surface area (Å²) < 4.78 is 66.3. The fourth-order valence-electron chi connectivity index (χ4n) is 6.52. The van der Waals surface area contributed by atoms with Crippen LogP contribution in [0.25, 0.3) is 0 Å². The summed E-state index contributed by atoms with van der Waals surface area (Å²) in [7, 11) is 0. The highest BCUT2D eigenvalue weighted by atomic mass is 35.5. The van der Waals surface area contributed by atoms with Crippen molar-refractivity contribution >= 4 is 82.1 Å². The summed E-state index contributed by atoms with van der Waals surface area (Å²) in [6.45, 7) is 0.141. The maximum Gasteiger partial charge on any atom is 0.419 e. The summed E-state index contributed by atoms with van der Waals surface area (Å²) in [6.07, 6.45) is 6.49. The average Bonchev–Trinajstić information content (AvgIpc) is 4.13. The minimum Gasteiger partial charge on any atom is -0.443 e. The minimum absolute atomic E-state index is 0.0233. The molecule has 0 radical (unpaired) electrons. The third-order valence-electron chi connectivity index (χ3n) is 9.81. The van der Waals surface area contributed by atoms with Gasteiger partial charge in [-0.15, -0.1) is 23.5 Å². The molecule has 4 aromatic carbocycles. The van der Waals surface area contributed by atoms with Crippen LogP contribution in [0.3, 0.4) is 0 Å². The van der Waals surface area contributed by atoms with Gasteiger partial charge >= 0.3 is 12.2 Å². The molecule has 2 aliphatic heterocycles. The molecular formula is C47H36Cl2F4N8O6S2. The van der Waals surface area contributed by atoms with E-state index in [0.717, 1.165) is 12.1 Å². The highest BCUT2D eigenvalue weighted by molar-refractivity contribution is 8.00. The fourth-order valence-corrected chi connectivity index (χ4v) is 9.41. The molecular weight excluding hydrogens is 984 g/mol. The molecule has 9 rings (SSSR count). The van der Waals surface area contributed by atoms with Crippen LogP contribution >= 0.6 is 46.7 Å². The highest BCUT2D eigenvalue weighted by Crippen LogP contribution is 2.43. The highest BCUT2D eigenvalue weighted by Gasteiger charge is 2.33. The number of anilines is 2. The van der Waals surface area contributed by atoms with Gasteiger partial charge in [0.05, 0.1) is 38.6 Å². The lowest BCUT2D eigenvalue weighted by atomic mass is 10.0. The maximum absolute atomic E-state index is 14.6. The molecule has 2 atom stereocenters. The van der Waals surface area contributed by atoms with Crippen molar-refractivity contribution in [3.63, 3.8) is 0 Å². The number of alkyl carbamates (subject to hydrolysis) is 1. The number of nitrogens with zero attached hydrogens (tertiary/aromatic N) is 4. The quantitative estimate of drug-likeness (QED) is 0.100. The summed E-state index contributed by atoms with van der Waals surface area (Å²) in [6, 6.07) is 22.5. The van der Waals surface area contributed by atoms with Gasteiger partial charge in [-0.25, -0.2) is 36.7 Å². The van der Waals surface area contributed by atoms with Gasteiger partial charge in [0.25, 0.3) is 11.8 Å². The molecule has 5 heterocycles. The summed E-state index contributed by atoms with van der Waals surface area (Å²) in [5, 5.41) is 7.67. The number of nitrogens with two attached hydrogens (primary N) is 1. The maximum atomic E-state index is 14.6. The van der Waals surface area contributed by atoms with Crippen LogP contribution < -0.4 is 21.7 Å². The van der Waals surface area contributed by atoms with Crippen molar-refractivity contribution in [3.05, 3.63) is 195 Å². The zero-order chi connectivity index (χ0) is 49.0. The molecule has 0 saturated heterocycles. The molecule has 0 fully saturated rings. The number of aromatic nitrogens is 4. The number of fused-ring (bicyclic) bond motifs is 2. The second kappa shape index (κ2) is 23.4. The molecule has 14 nitrogen and oxygen atoms in total. The fraction of sp³-hybridized carbons (Fsp3) is 0.128. The Hall–Kier alpha value is -6.97. The third-order valence-corrected chi connectivity index (χ3v) is 12.9. The molecule has 7 aromatic rings. The largest absolute Gasteiger partial charge is 0.443 e. The summed E-state index contributed by atoms with van der Waals surface area (Å²) >= 11 is 14.0. The number of amides is 3. The van der Waals surface area contributed by atoms with Crippen LogP contribution in [-0.4, -0.2) is 55.0 Å². The van der Waals surface area contributed by atoms with E-state index >= 15 is 0 Å². The first-order valence-electron chi connectivity index (χ1n) is 20.3. The Labute approximate surface area is 409 Å². The number of pyridine rings is 2. The molecule has 2 aliphatic rings. The standard InChI is InChI=1S/C22H16ClF2N3O3S.C15H11ClF2N2OS.C10H9N3O2/c23-15-9-12(4-6-16(15)24)27-21(29)14-5-7-17(25)19-18(11-32-20(14)19)28-22(30)31-10-13-3-1-2-8-26-13;16-9-5-7(1-3-10(9)17)20-15(21)8-2-4-11(18)13-12(19)6-22-14(8)13;14-10(13-6-5-11-8-13)15-7-9-3-1-2-4-12-9/h1-9,18H,10-11H2,(H,27,29)(H,28,30);1-5,12H,6,19H2,(H,20,21);1-6,8H,7H2. The van der Waals surface area contributed by atoms with Gasteiger partial charge in [-0.05, 0) is 84.9 Å². The van der Waals surface area contributed by atoms with E-state index < -0.39 is 59.4 Å². The van der Waals surface area contributed by atoms with Crippen LogP contribution in [0.4, 0.5) is 38.5 Å². The molecule has 22 heteroatoms. The number of carbonyl (C=O) groups is 4.